The first-order valence-electron chi connectivity index (χ1n) is 7.92. The third-order valence-corrected chi connectivity index (χ3v) is 4.41. The fourth-order valence-corrected chi connectivity index (χ4v) is 3.07. The number of anilines is 1. The van der Waals surface area contributed by atoms with Gasteiger partial charge in [0.05, 0.1) is 0 Å². The zero-order valence-electron chi connectivity index (χ0n) is 13.1. The Balaban J connectivity index is 1.82. The van der Waals surface area contributed by atoms with Crippen LogP contribution >= 0.6 is 0 Å². The Labute approximate surface area is 127 Å². The van der Waals surface area contributed by atoms with E-state index in [1.807, 2.05) is 24.3 Å². The summed E-state index contributed by atoms with van der Waals surface area (Å²) in [5, 5.41) is 2.98. The molecule has 0 spiro atoms. The van der Waals surface area contributed by atoms with Gasteiger partial charge in [0.25, 0.3) is 0 Å². The molecule has 4 heteroatoms. The van der Waals surface area contributed by atoms with Crippen LogP contribution in [-0.2, 0) is 11.3 Å². The van der Waals surface area contributed by atoms with Gasteiger partial charge < -0.3 is 16.0 Å². The van der Waals surface area contributed by atoms with Crippen molar-refractivity contribution in [1.29, 1.82) is 0 Å². The Morgan fingerprint density at radius 3 is 2.86 bits per heavy atom. The number of para-hydroxylation sites is 1. The molecule has 21 heavy (non-hydrogen) atoms. The fourth-order valence-electron chi connectivity index (χ4n) is 3.07. The number of hydrogen-bond donors (Lipinski definition) is 2. The minimum absolute atomic E-state index is 0.0710. The van der Waals surface area contributed by atoms with Crippen LogP contribution in [-0.4, -0.2) is 29.9 Å². The first kappa shape index (κ1) is 16.0. The van der Waals surface area contributed by atoms with E-state index in [4.69, 9.17) is 5.73 Å². The molecule has 0 saturated carbocycles. The highest BCUT2D eigenvalue weighted by atomic mass is 16.1. The number of rotatable bonds is 5. The highest BCUT2D eigenvalue weighted by molar-refractivity contribution is 5.91. The topological polar surface area (TPSA) is 58.4 Å². The molecule has 0 aliphatic carbocycles. The van der Waals surface area contributed by atoms with Crippen molar-refractivity contribution in [3.05, 3.63) is 29.8 Å². The number of likely N-dealkylation sites (tertiary alicyclic amines) is 1. The van der Waals surface area contributed by atoms with Crippen LogP contribution < -0.4 is 11.1 Å². The minimum Gasteiger partial charge on any atom is -0.326 e. The van der Waals surface area contributed by atoms with Crippen LogP contribution in [0.1, 0.15) is 38.7 Å². The third kappa shape index (κ3) is 4.55. The van der Waals surface area contributed by atoms with Gasteiger partial charge in [0.2, 0.25) is 5.91 Å². The zero-order valence-corrected chi connectivity index (χ0v) is 13.1. The van der Waals surface area contributed by atoms with Gasteiger partial charge in [-0.3, -0.25) is 4.79 Å². The average Bonchev–Trinajstić information content (AvgIpc) is 2.47. The first-order valence-corrected chi connectivity index (χ1v) is 7.92. The number of benzene rings is 1. The molecule has 2 rings (SSSR count). The summed E-state index contributed by atoms with van der Waals surface area (Å²) in [6.07, 6.45) is 3.01. The second-order valence-electron chi connectivity index (χ2n) is 6.17. The van der Waals surface area contributed by atoms with Gasteiger partial charge in [-0.1, -0.05) is 25.1 Å². The molecule has 1 fully saturated rings. The molecule has 2 atom stereocenters. The lowest BCUT2D eigenvalue weighted by molar-refractivity contribution is -0.116. The fraction of sp³-hybridized carbons (Fsp3) is 0.588. The standard InChI is InChI=1S/C17H27N3O/c1-13-7-9-20(14(2)11-13)10-8-17(21)19-16-6-4-3-5-15(16)12-18/h3-6,13-14H,7-12,18H2,1-2H3,(H,19,21). The number of nitrogens with two attached hydrogens (primary N) is 1. The maximum absolute atomic E-state index is 12.1. The first-order chi connectivity index (χ1) is 10.1. The van der Waals surface area contributed by atoms with E-state index < -0.39 is 0 Å². The van der Waals surface area contributed by atoms with Crippen molar-refractivity contribution in [1.82, 2.24) is 4.90 Å². The second kappa shape index (κ2) is 7.57. The van der Waals surface area contributed by atoms with E-state index in [1.54, 1.807) is 0 Å². The molecule has 0 radical (unpaired) electrons. The van der Waals surface area contributed by atoms with Gasteiger partial charge in [-0.2, -0.15) is 0 Å². The summed E-state index contributed by atoms with van der Waals surface area (Å²) in [6.45, 7) is 6.96. The normalized spacial score (nSPS) is 23.0. The van der Waals surface area contributed by atoms with Crippen molar-refractivity contribution >= 4 is 11.6 Å². The Bertz CT molecular complexity index is 475. The van der Waals surface area contributed by atoms with Crippen molar-refractivity contribution in [2.24, 2.45) is 11.7 Å². The molecule has 2 unspecified atom stereocenters. The lowest BCUT2D eigenvalue weighted by Gasteiger charge is -2.36. The van der Waals surface area contributed by atoms with Gasteiger partial charge in [0.15, 0.2) is 0 Å². The van der Waals surface area contributed by atoms with Gasteiger partial charge in [-0.25, -0.2) is 0 Å². The molecule has 0 bridgehead atoms. The molecule has 1 aliphatic rings. The number of carbonyl (C=O) groups excluding carboxylic acids is 1. The summed E-state index contributed by atoms with van der Waals surface area (Å²) in [5.41, 5.74) is 7.50. The van der Waals surface area contributed by atoms with Crippen LogP contribution in [0.4, 0.5) is 5.69 Å². The lowest BCUT2D eigenvalue weighted by Crippen LogP contribution is -2.41. The van der Waals surface area contributed by atoms with Crippen LogP contribution in [0.5, 0.6) is 0 Å². The average molecular weight is 289 g/mol. The molecular formula is C17H27N3O. The van der Waals surface area contributed by atoms with E-state index in [9.17, 15) is 4.79 Å². The van der Waals surface area contributed by atoms with Gasteiger partial charge in [-0.05, 0) is 43.9 Å². The summed E-state index contributed by atoms with van der Waals surface area (Å²) in [6, 6.07) is 8.30. The minimum atomic E-state index is 0.0710. The second-order valence-corrected chi connectivity index (χ2v) is 6.17. The van der Waals surface area contributed by atoms with Gasteiger partial charge >= 0.3 is 0 Å². The molecule has 1 saturated heterocycles. The molecular weight excluding hydrogens is 262 g/mol. The lowest BCUT2D eigenvalue weighted by atomic mass is 9.93. The molecule has 0 aromatic heterocycles. The predicted molar refractivity (Wildman–Crippen MR) is 87.0 cm³/mol. The van der Waals surface area contributed by atoms with Crippen LogP contribution in [0.15, 0.2) is 24.3 Å². The summed E-state index contributed by atoms with van der Waals surface area (Å²) in [4.78, 5) is 14.5. The van der Waals surface area contributed by atoms with Crippen molar-refractivity contribution < 1.29 is 4.79 Å². The van der Waals surface area contributed by atoms with Crippen LogP contribution in [0.2, 0.25) is 0 Å². The van der Waals surface area contributed by atoms with E-state index in [0.717, 1.165) is 30.3 Å². The van der Waals surface area contributed by atoms with Crippen molar-refractivity contribution in [2.45, 2.75) is 45.7 Å². The highest BCUT2D eigenvalue weighted by Crippen LogP contribution is 2.22. The van der Waals surface area contributed by atoms with Crippen molar-refractivity contribution in [2.75, 3.05) is 18.4 Å². The highest BCUT2D eigenvalue weighted by Gasteiger charge is 2.22. The summed E-state index contributed by atoms with van der Waals surface area (Å²) >= 11 is 0. The van der Waals surface area contributed by atoms with E-state index in [2.05, 4.69) is 24.1 Å². The van der Waals surface area contributed by atoms with Crippen LogP contribution in [0, 0.1) is 5.92 Å². The molecule has 1 heterocycles. The summed E-state index contributed by atoms with van der Waals surface area (Å²) < 4.78 is 0. The van der Waals surface area contributed by atoms with E-state index >= 15 is 0 Å². The Hall–Kier alpha value is -1.39. The van der Waals surface area contributed by atoms with Crippen molar-refractivity contribution in [3.63, 3.8) is 0 Å². The molecule has 116 valence electrons. The van der Waals surface area contributed by atoms with Crippen LogP contribution in [0.25, 0.3) is 0 Å². The molecule has 4 nitrogen and oxygen atoms in total. The monoisotopic (exact) mass is 289 g/mol. The molecule has 3 N–H and O–H groups in total. The Morgan fingerprint density at radius 1 is 1.38 bits per heavy atom. The summed E-state index contributed by atoms with van der Waals surface area (Å²) in [7, 11) is 0. The predicted octanol–water partition coefficient (Wildman–Crippen LogP) is 2.59. The number of amides is 1. The number of carbonyl (C=O) groups is 1. The molecule has 1 amide bonds. The number of nitrogens with one attached hydrogen (secondary N) is 1. The number of hydrogen-bond acceptors (Lipinski definition) is 3. The third-order valence-electron chi connectivity index (χ3n) is 4.41. The van der Waals surface area contributed by atoms with E-state index in [1.165, 1.54) is 12.8 Å². The number of nitrogens with zero attached hydrogens (tertiary/aromatic N) is 1. The van der Waals surface area contributed by atoms with Gasteiger partial charge in [-0.15, -0.1) is 0 Å². The zero-order chi connectivity index (χ0) is 15.2. The molecule has 1 aromatic carbocycles. The Morgan fingerprint density at radius 2 is 2.14 bits per heavy atom. The van der Waals surface area contributed by atoms with Crippen molar-refractivity contribution in [3.8, 4) is 0 Å². The smallest absolute Gasteiger partial charge is 0.225 e. The van der Waals surface area contributed by atoms with E-state index in [0.29, 0.717) is 19.0 Å². The maximum Gasteiger partial charge on any atom is 0.225 e. The number of piperidine rings is 1. The van der Waals surface area contributed by atoms with Crippen LogP contribution in [0.3, 0.4) is 0 Å². The molecule has 1 aromatic rings. The van der Waals surface area contributed by atoms with E-state index in [-0.39, 0.29) is 5.91 Å². The Kier molecular flexibility index (Phi) is 5.76. The SMILES string of the molecule is CC1CCN(CCC(=O)Nc2ccccc2CN)C(C)C1. The van der Waals surface area contributed by atoms with Gasteiger partial charge in [0.1, 0.15) is 0 Å². The largest absolute Gasteiger partial charge is 0.326 e. The quantitative estimate of drug-likeness (QED) is 0.876. The van der Waals surface area contributed by atoms with Gasteiger partial charge in [0, 0.05) is 31.2 Å². The summed E-state index contributed by atoms with van der Waals surface area (Å²) in [5.74, 6) is 0.878. The maximum atomic E-state index is 12.1. The molecule has 1 aliphatic heterocycles.